The van der Waals surface area contributed by atoms with Crippen molar-refractivity contribution in [3.05, 3.63) is 60.4 Å². The second-order valence-electron chi connectivity index (χ2n) is 6.16. The number of likely N-dealkylation sites (tertiary alicyclic amines) is 1. The molecule has 1 atom stereocenters. The van der Waals surface area contributed by atoms with E-state index in [1.165, 1.54) is 0 Å². The van der Waals surface area contributed by atoms with Gasteiger partial charge in [-0.3, -0.25) is 9.78 Å². The van der Waals surface area contributed by atoms with E-state index in [-0.39, 0.29) is 17.9 Å². The first-order valence-corrected chi connectivity index (χ1v) is 8.50. The van der Waals surface area contributed by atoms with Crippen molar-refractivity contribution in [2.45, 2.75) is 19.4 Å². The number of hydrogen-bond donors (Lipinski definition) is 2. The molecule has 1 saturated heterocycles. The minimum atomic E-state index is -0.174. The van der Waals surface area contributed by atoms with E-state index < -0.39 is 0 Å². The quantitative estimate of drug-likeness (QED) is 0.900. The number of benzene rings is 1. The van der Waals surface area contributed by atoms with Crippen LogP contribution in [-0.4, -0.2) is 34.9 Å². The van der Waals surface area contributed by atoms with Crippen LogP contribution in [0.25, 0.3) is 0 Å². The molecule has 6 heteroatoms. The molecule has 0 bridgehead atoms. The van der Waals surface area contributed by atoms with Gasteiger partial charge in [0.15, 0.2) is 0 Å². The summed E-state index contributed by atoms with van der Waals surface area (Å²) in [6.45, 7) is 1.57. The van der Waals surface area contributed by atoms with E-state index in [2.05, 4.69) is 15.6 Å². The van der Waals surface area contributed by atoms with Gasteiger partial charge in [-0.25, -0.2) is 4.79 Å². The summed E-state index contributed by atoms with van der Waals surface area (Å²) < 4.78 is 0. The summed E-state index contributed by atoms with van der Waals surface area (Å²) in [6, 6.07) is 13.0. The number of carbonyl (C=O) groups is 2. The lowest BCUT2D eigenvalue weighted by Crippen LogP contribution is -2.46. The van der Waals surface area contributed by atoms with Crippen LogP contribution in [0, 0.1) is 5.92 Å². The maximum absolute atomic E-state index is 12.4. The van der Waals surface area contributed by atoms with E-state index in [0.717, 1.165) is 24.1 Å². The van der Waals surface area contributed by atoms with Crippen molar-refractivity contribution in [1.29, 1.82) is 0 Å². The van der Waals surface area contributed by atoms with Crippen LogP contribution in [0.1, 0.15) is 18.4 Å². The number of piperidine rings is 1. The number of rotatable bonds is 4. The van der Waals surface area contributed by atoms with Gasteiger partial charge in [0.25, 0.3) is 0 Å². The Morgan fingerprint density at radius 3 is 2.76 bits per heavy atom. The van der Waals surface area contributed by atoms with Gasteiger partial charge >= 0.3 is 6.03 Å². The van der Waals surface area contributed by atoms with Crippen molar-refractivity contribution in [1.82, 2.24) is 15.2 Å². The zero-order valence-corrected chi connectivity index (χ0v) is 14.0. The van der Waals surface area contributed by atoms with Crippen LogP contribution in [-0.2, 0) is 11.3 Å². The molecule has 0 aliphatic carbocycles. The van der Waals surface area contributed by atoms with Crippen molar-refractivity contribution < 1.29 is 9.59 Å². The highest BCUT2D eigenvalue weighted by atomic mass is 16.2. The normalized spacial score (nSPS) is 17.0. The minimum Gasteiger partial charge on any atom is -0.352 e. The van der Waals surface area contributed by atoms with E-state index in [4.69, 9.17) is 0 Å². The highest BCUT2D eigenvalue weighted by Crippen LogP contribution is 2.18. The molecule has 2 N–H and O–H groups in total. The third-order valence-electron chi connectivity index (χ3n) is 4.29. The number of para-hydroxylation sites is 1. The number of carbonyl (C=O) groups excluding carboxylic acids is 2. The number of aromatic nitrogens is 1. The Balaban J connectivity index is 1.51. The van der Waals surface area contributed by atoms with Gasteiger partial charge < -0.3 is 15.5 Å². The summed E-state index contributed by atoms with van der Waals surface area (Å²) in [4.78, 5) is 30.5. The third-order valence-corrected chi connectivity index (χ3v) is 4.29. The molecule has 1 fully saturated rings. The van der Waals surface area contributed by atoms with Gasteiger partial charge in [0.05, 0.1) is 5.92 Å². The van der Waals surface area contributed by atoms with Crippen molar-refractivity contribution >= 4 is 17.6 Å². The van der Waals surface area contributed by atoms with Crippen LogP contribution in [0.15, 0.2) is 54.9 Å². The standard InChI is InChI=1S/C19H22N4O2/c24-18(21-13-15-6-4-10-20-12-15)16-7-5-11-23(14-16)19(25)22-17-8-2-1-3-9-17/h1-4,6,8-10,12,16H,5,7,11,13-14H2,(H,21,24)(H,22,25). The highest BCUT2D eigenvalue weighted by Gasteiger charge is 2.28. The lowest BCUT2D eigenvalue weighted by Gasteiger charge is -2.32. The average molecular weight is 338 g/mol. The molecule has 2 aromatic rings. The second-order valence-corrected chi connectivity index (χ2v) is 6.16. The van der Waals surface area contributed by atoms with Crippen LogP contribution in [0.3, 0.4) is 0 Å². The summed E-state index contributed by atoms with van der Waals surface area (Å²) in [7, 11) is 0. The van der Waals surface area contributed by atoms with E-state index in [9.17, 15) is 9.59 Å². The van der Waals surface area contributed by atoms with Crippen molar-refractivity contribution in [3.8, 4) is 0 Å². The van der Waals surface area contributed by atoms with Gasteiger partial charge in [-0.2, -0.15) is 0 Å². The van der Waals surface area contributed by atoms with Crippen molar-refractivity contribution in [3.63, 3.8) is 0 Å². The third kappa shape index (κ3) is 4.79. The Labute approximate surface area is 147 Å². The number of urea groups is 1. The summed E-state index contributed by atoms with van der Waals surface area (Å²) in [5.74, 6) is -0.187. The average Bonchev–Trinajstić information content (AvgIpc) is 2.68. The Morgan fingerprint density at radius 2 is 2.00 bits per heavy atom. The van der Waals surface area contributed by atoms with E-state index in [1.54, 1.807) is 17.3 Å². The second kappa shape index (κ2) is 8.28. The fraction of sp³-hybridized carbons (Fsp3) is 0.316. The lowest BCUT2D eigenvalue weighted by molar-refractivity contribution is -0.126. The highest BCUT2D eigenvalue weighted by molar-refractivity contribution is 5.90. The molecule has 1 aliphatic rings. The van der Waals surface area contributed by atoms with E-state index in [0.29, 0.717) is 19.6 Å². The topological polar surface area (TPSA) is 74.3 Å². The molecular weight excluding hydrogens is 316 g/mol. The molecule has 1 unspecified atom stereocenters. The Bertz CT molecular complexity index is 706. The molecule has 25 heavy (non-hydrogen) atoms. The predicted octanol–water partition coefficient (Wildman–Crippen LogP) is 2.64. The number of amides is 3. The van der Waals surface area contributed by atoms with E-state index >= 15 is 0 Å². The molecule has 2 heterocycles. The number of nitrogens with one attached hydrogen (secondary N) is 2. The summed E-state index contributed by atoms with van der Waals surface area (Å²) in [5, 5.41) is 5.82. The van der Waals surface area contributed by atoms with E-state index in [1.807, 2.05) is 42.5 Å². The zero-order chi connectivity index (χ0) is 17.5. The fourth-order valence-electron chi connectivity index (χ4n) is 2.94. The van der Waals surface area contributed by atoms with Crippen LogP contribution in [0.4, 0.5) is 10.5 Å². The van der Waals surface area contributed by atoms with Gasteiger partial charge in [0.2, 0.25) is 5.91 Å². The van der Waals surface area contributed by atoms with Gasteiger partial charge in [0.1, 0.15) is 0 Å². The molecule has 0 radical (unpaired) electrons. The SMILES string of the molecule is O=C(NCc1cccnc1)C1CCCN(C(=O)Nc2ccccc2)C1. The summed E-state index contributed by atoms with van der Waals surface area (Å²) in [6.07, 6.45) is 5.07. The molecular formula is C19H22N4O2. The molecule has 3 amide bonds. The lowest BCUT2D eigenvalue weighted by atomic mass is 9.97. The first-order valence-electron chi connectivity index (χ1n) is 8.50. The molecule has 0 saturated carbocycles. The minimum absolute atomic E-state index is 0.0129. The fourth-order valence-corrected chi connectivity index (χ4v) is 2.94. The first kappa shape index (κ1) is 17.0. The molecule has 1 aromatic heterocycles. The molecule has 1 aliphatic heterocycles. The Hall–Kier alpha value is -2.89. The summed E-state index contributed by atoms with van der Waals surface area (Å²) in [5.41, 5.74) is 1.72. The van der Waals surface area contributed by atoms with Gasteiger partial charge in [0, 0.05) is 37.7 Å². The first-order chi connectivity index (χ1) is 12.2. The molecule has 3 rings (SSSR count). The van der Waals surface area contributed by atoms with Gasteiger partial charge in [-0.1, -0.05) is 24.3 Å². The molecule has 0 spiro atoms. The van der Waals surface area contributed by atoms with Gasteiger partial charge in [-0.05, 0) is 36.6 Å². The molecule has 130 valence electrons. The van der Waals surface area contributed by atoms with Crippen molar-refractivity contribution in [2.75, 3.05) is 18.4 Å². The number of pyridine rings is 1. The maximum Gasteiger partial charge on any atom is 0.321 e. The van der Waals surface area contributed by atoms with Crippen molar-refractivity contribution in [2.24, 2.45) is 5.92 Å². The van der Waals surface area contributed by atoms with Crippen LogP contribution < -0.4 is 10.6 Å². The van der Waals surface area contributed by atoms with Crippen LogP contribution >= 0.6 is 0 Å². The number of nitrogens with zero attached hydrogens (tertiary/aromatic N) is 2. The summed E-state index contributed by atoms with van der Waals surface area (Å²) >= 11 is 0. The largest absolute Gasteiger partial charge is 0.352 e. The number of anilines is 1. The maximum atomic E-state index is 12.4. The zero-order valence-electron chi connectivity index (χ0n) is 14.0. The number of hydrogen-bond acceptors (Lipinski definition) is 3. The molecule has 1 aromatic carbocycles. The van der Waals surface area contributed by atoms with Crippen LogP contribution in [0.2, 0.25) is 0 Å². The smallest absolute Gasteiger partial charge is 0.321 e. The Morgan fingerprint density at radius 1 is 1.16 bits per heavy atom. The molecule has 6 nitrogen and oxygen atoms in total. The monoisotopic (exact) mass is 338 g/mol. The predicted molar refractivity (Wildman–Crippen MR) is 95.8 cm³/mol. The van der Waals surface area contributed by atoms with Gasteiger partial charge in [-0.15, -0.1) is 0 Å². The van der Waals surface area contributed by atoms with Crippen LogP contribution in [0.5, 0.6) is 0 Å². The Kier molecular flexibility index (Phi) is 5.61.